The zero-order valence-corrected chi connectivity index (χ0v) is 10.3. The minimum Gasteiger partial charge on any atom is -0.396 e. The van der Waals surface area contributed by atoms with Crippen LogP contribution in [0.1, 0.15) is 33.6 Å². The lowest BCUT2D eigenvalue weighted by Gasteiger charge is -2.35. The van der Waals surface area contributed by atoms with Crippen molar-refractivity contribution in [3.8, 4) is 0 Å². The van der Waals surface area contributed by atoms with Gasteiger partial charge in [-0.1, -0.05) is 13.8 Å². The topological polar surface area (TPSA) is 41.5 Å². The second-order valence-corrected chi connectivity index (χ2v) is 5.25. The first-order chi connectivity index (χ1) is 7.07. The Kier molecular flexibility index (Phi) is 5.03. The normalized spacial score (nSPS) is 24.8. The van der Waals surface area contributed by atoms with Crippen molar-refractivity contribution in [3.63, 3.8) is 0 Å². The highest BCUT2D eigenvalue weighted by atomic mass is 16.5. The predicted octanol–water partition coefficient (Wildman–Crippen LogP) is 1.41. The SMILES string of the molecule is CC(CO)C(C)NCC1(C)CCOCC1. The quantitative estimate of drug-likeness (QED) is 0.728. The molecule has 0 saturated carbocycles. The summed E-state index contributed by atoms with van der Waals surface area (Å²) >= 11 is 0. The van der Waals surface area contributed by atoms with Gasteiger partial charge in [-0.15, -0.1) is 0 Å². The van der Waals surface area contributed by atoms with E-state index in [1.807, 2.05) is 0 Å². The lowest BCUT2D eigenvalue weighted by Crippen LogP contribution is -2.43. The standard InChI is InChI=1S/C12H25NO2/c1-10(8-14)11(2)13-9-12(3)4-6-15-7-5-12/h10-11,13-14H,4-9H2,1-3H3. The van der Waals surface area contributed by atoms with Crippen LogP contribution in [0.2, 0.25) is 0 Å². The first-order valence-corrected chi connectivity index (χ1v) is 5.99. The number of aliphatic hydroxyl groups is 1. The van der Waals surface area contributed by atoms with Crippen LogP contribution in [0.25, 0.3) is 0 Å². The summed E-state index contributed by atoms with van der Waals surface area (Å²) < 4.78 is 5.37. The number of ether oxygens (including phenoxy) is 1. The molecule has 3 nitrogen and oxygen atoms in total. The lowest BCUT2D eigenvalue weighted by molar-refractivity contribution is 0.0218. The van der Waals surface area contributed by atoms with Gasteiger partial charge in [-0.25, -0.2) is 0 Å². The molecule has 0 amide bonds. The zero-order valence-electron chi connectivity index (χ0n) is 10.3. The molecule has 1 fully saturated rings. The van der Waals surface area contributed by atoms with Crippen LogP contribution in [-0.2, 0) is 4.74 Å². The Labute approximate surface area is 93.2 Å². The van der Waals surface area contributed by atoms with E-state index in [0.29, 0.717) is 17.4 Å². The highest BCUT2D eigenvalue weighted by Gasteiger charge is 2.27. The molecule has 0 spiro atoms. The first-order valence-electron chi connectivity index (χ1n) is 5.99. The van der Waals surface area contributed by atoms with Crippen LogP contribution in [0.5, 0.6) is 0 Å². The molecular formula is C12H25NO2. The van der Waals surface area contributed by atoms with E-state index in [1.54, 1.807) is 0 Å². The smallest absolute Gasteiger partial charge is 0.0471 e. The van der Waals surface area contributed by atoms with Gasteiger partial charge in [-0.2, -0.15) is 0 Å². The van der Waals surface area contributed by atoms with E-state index in [1.165, 1.54) is 0 Å². The summed E-state index contributed by atoms with van der Waals surface area (Å²) in [6.07, 6.45) is 2.28. The van der Waals surface area contributed by atoms with Gasteiger partial charge in [0.15, 0.2) is 0 Å². The summed E-state index contributed by atoms with van der Waals surface area (Å²) in [4.78, 5) is 0. The molecule has 1 heterocycles. The van der Waals surface area contributed by atoms with Gasteiger partial charge in [-0.05, 0) is 31.1 Å². The first kappa shape index (κ1) is 12.9. The second kappa shape index (κ2) is 5.83. The zero-order chi connectivity index (χ0) is 11.3. The Morgan fingerprint density at radius 3 is 2.47 bits per heavy atom. The van der Waals surface area contributed by atoms with Crippen LogP contribution in [0.4, 0.5) is 0 Å². The molecule has 1 aliphatic heterocycles. The predicted molar refractivity (Wildman–Crippen MR) is 61.9 cm³/mol. The number of aliphatic hydroxyl groups excluding tert-OH is 1. The van der Waals surface area contributed by atoms with Gasteiger partial charge in [0.2, 0.25) is 0 Å². The molecule has 0 bridgehead atoms. The fourth-order valence-electron chi connectivity index (χ4n) is 1.81. The average molecular weight is 215 g/mol. The van der Waals surface area contributed by atoms with Crippen molar-refractivity contribution in [3.05, 3.63) is 0 Å². The summed E-state index contributed by atoms with van der Waals surface area (Å²) in [6, 6.07) is 0.384. The van der Waals surface area contributed by atoms with Crippen LogP contribution in [0.15, 0.2) is 0 Å². The Bertz CT molecular complexity index is 178. The van der Waals surface area contributed by atoms with E-state index < -0.39 is 0 Å². The minimum atomic E-state index is 0.258. The van der Waals surface area contributed by atoms with Crippen LogP contribution >= 0.6 is 0 Å². The fourth-order valence-corrected chi connectivity index (χ4v) is 1.81. The molecule has 1 saturated heterocycles. The van der Waals surface area contributed by atoms with Crippen molar-refractivity contribution >= 4 is 0 Å². The van der Waals surface area contributed by atoms with Crippen molar-refractivity contribution in [1.29, 1.82) is 0 Å². The molecule has 1 aliphatic rings. The molecule has 0 aromatic heterocycles. The monoisotopic (exact) mass is 215 g/mol. The summed E-state index contributed by atoms with van der Waals surface area (Å²) in [5.41, 5.74) is 0.377. The maximum Gasteiger partial charge on any atom is 0.0471 e. The summed E-state index contributed by atoms with van der Waals surface area (Å²) in [5.74, 6) is 0.327. The molecule has 0 aromatic carbocycles. The molecular weight excluding hydrogens is 190 g/mol. The van der Waals surface area contributed by atoms with Crippen LogP contribution in [0.3, 0.4) is 0 Å². The molecule has 15 heavy (non-hydrogen) atoms. The maximum atomic E-state index is 9.05. The van der Waals surface area contributed by atoms with Gasteiger partial charge >= 0.3 is 0 Å². The molecule has 2 N–H and O–H groups in total. The maximum absolute atomic E-state index is 9.05. The minimum absolute atomic E-state index is 0.258. The van der Waals surface area contributed by atoms with Crippen LogP contribution in [0, 0.1) is 11.3 Å². The van der Waals surface area contributed by atoms with E-state index in [-0.39, 0.29) is 6.61 Å². The summed E-state index contributed by atoms with van der Waals surface area (Å²) in [6.45, 7) is 9.60. The van der Waals surface area contributed by atoms with Crippen molar-refractivity contribution in [1.82, 2.24) is 5.32 Å². The van der Waals surface area contributed by atoms with E-state index in [4.69, 9.17) is 9.84 Å². The Morgan fingerprint density at radius 2 is 1.93 bits per heavy atom. The number of hydrogen-bond donors (Lipinski definition) is 2. The highest BCUT2D eigenvalue weighted by Crippen LogP contribution is 2.28. The molecule has 0 radical (unpaired) electrons. The second-order valence-electron chi connectivity index (χ2n) is 5.25. The largest absolute Gasteiger partial charge is 0.396 e. The third-order valence-corrected chi connectivity index (χ3v) is 3.69. The number of hydrogen-bond acceptors (Lipinski definition) is 3. The van der Waals surface area contributed by atoms with E-state index in [2.05, 4.69) is 26.1 Å². The lowest BCUT2D eigenvalue weighted by atomic mass is 9.82. The van der Waals surface area contributed by atoms with Gasteiger partial charge in [-0.3, -0.25) is 0 Å². The van der Waals surface area contributed by atoms with Gasteiger partial charge < -0.3 is 15.2 Å². The van der Waals surface area contributed by atoms with Gasteiger partial charge in [0.1, 0.15) is 0 Å². The third-order valence-electron chi connectivity index (χ3n) is 3.69. The molecule has 0 aromatic rings. The third kappa shape index (κ3) is 4.09. The number of rotatable bonds is 5. The molecule has 0 aliphatic carbocycles. The van der Waals surface area contributed by atoms with Crippen LogP contribution in [-0.4, -0.2) is 37.5 Å². The average Bonchev–Trinajstić information content (AvgIpc) is 2.26. The van der Waals surface area contributed by atoms with E-state index in [9.17, 15) is 0 Å². The van der Waals surface area contributed by atoms with Crippen molar-refractivity contribution in [2.45, 2.75) is 39.7 Å². The van der Waals surface area contributed by atoms with E-state index >= 15 is 0 Å². The summed E-state index contributed by atoms with van der Waals surface area (Å²) in [7, 11) is 0. The van der Waals surface area contributed by atoms with Crippen LogP contribution < -0.4 is 5.32 Å². The highest BCUT2D eigenvalue weighted by molar-refractivity contribution is 4.81. The van der Waals surface area contributed by atoms with Crippen molar-refractivity contribution in [2.75, 3.05) is 26.4 Å². The molecule has 2 atom stereocenters. The Hall–Kier alpha value is -0.120. The van der Waals surface area contributed by atoms with Gasteiger partial charge in [0.25, 0.3) is 0 Å². The summed E-state index contributed by atoms with van der Waals surface area (Å²) in [5, 5.41) is 12.6. The van der Waals surface area contributed by atoms with E-state index in [0.717, 1.165) is 32.6 Å². The molecule has 1 rings (SSSR count). The number of nitrogens with one attached hydrogen (secondary N) is 1. The van der Waals surface area contributed by atoms with Gasteiger partial charge in [0.05, 0.1) is 0 Å². The van der Waals surface area contributed by atoms with Crippen molar-refractivity contribution in [2.24, 2.45) is 11.3 Å². The molecule has 2 unspecified atom stereocenters. The Morgan fingerprint density at radius 1 is 1.33 bits per heavy atom. The Balaban J connectivity index is 2.28. The van der Waals surface area contributed by atoms with Crippen molar-refractivity contribution < 1.29 is 9.84 Å². The van der Waals surface area contributed by atoms with Gasteiger partial charge in [0, 0.05) is 32.4 Å². The fraction of sp³-hybridized carbons (Fsp3) is 1.00. The molecule has 3 heteroatoms. The molecule has 90 valence electrons.